The van der Waals surface area contributed by atoms with E-state index in [0.717, 1.165) is 0 Å². The number of nitrogens with one attached hydrogen (secondary N) is 1. The topological polar surface area (TPSA) is 49.3 Å². The van der Waals surface area contributed by atoms with Crippen LogP contribution in [0.5, 0.6) is 0 Å². The third-order valence-corrected chi connectivity index (χ3v) is 0.880. The van der Waals surface area contributed by atoms with Gasteiger partial charge in [0.15, 0.2) is 0 Å². The van der Waals surface area contributed by atoms with Crippen LogP contribution in [-0.4, -0.2) is 24.2 Å². The van der Waals surface area contributed by atoms with E-state index >= 15 is 0 Å². The molecule has 0 radical (unpaired) electrons. The molecule has 3 heteroatoms. The van der Waals surface area contributed by atoms with E-state index in [2.05, 4.69) is 17.2 Å². The van der Waals surface area contributed by atoms with Crippen molar-refractivity contribution in [2.75, 3.05) is 13.1 Å². The molecule has 0 unspecified atom stereocenters. The van der Waals surface area contributed by atoms with Crippen molar-refractivity contribution in [1.29, 1.82) is 0 Å². The van der Waals surface area contributed by atoms with Crippen LogP contribution in [0.2, 0.25) is 0 Å². The Morgan fingerprint density at radius 3 is 2.90 bits per heavy atom. The minimum absolute atomic E-state index is 0.0192. The first kappa shape index (κ1) is 8.99. The number of aliphatic carboxylic acids is 1. The fourth-order valence-electron chi connectivity index (χ4n) is 0.471. The summed E-state index contributed by atoms with van der Waals surface area (Å²) in [5.74, 6) is 4.71. The lowest BCUT2D eigenvalue weighted by atomic mass is 10.4. The minimum Gasteiger partial charge on any atom is -0.480 e. The van der Waals surface area contributed by atoms with Gasteiger partial charge in [-0.3, -0.25) is 4.79 Å². The maximum absolute atomic E-state index is 9.93. The van der Waals surface area contributed by atoms with Gasteiger partial charge in [0.05, 0.1) is 6.54 Å². The molecule has 10 heavy (non-hydrogen) atoms. The van der Waals surface area contributed by atoms with E-state index in [1.165, 1.54) is 0 Å². The number of hydrogen-bond donors (Lipinski definition) is 2. The number of carboxylic acid groups (broad SMARTS) is 1. The van der Waals surface area contributed by atoms with Crippen LogP contribution in [-0.2, 0) is 4.79 Å². The van der Waals surface area contributed by atoms with E-state index in [1.807, 2.05) is 0 Å². The first-order chi connectivity index (χ1) is 4.77. The van der Waals surface area contributed by atoms with Gasteiger partial charge in [-0.25, -0.2) is 0 Å². The molecule has 0 saturated carbocycles. The van der Waals surface area contributed by atoms with Gasteiger partial charge in [0, 0.05) is 13.0 Å². The zero-order chi connectivity index (χ0) is 7.82. The van der Waals surface area contributed by atoms with Gasteiger partial charge in [-0.1, -0.05) is 0 Å². The Morgan fingerprint density at radius 2 is 2.40 bits per heavy atom. The van der Waals surface area contributed by atoms with Crippen molar-refractivity contribution in [3.8, 4) is 11.8 Å². The summed E-state index contributed by atoms with van der Waals surface area (Å²) in [4.78, 5) is 9.93. The smallest absolute Gasteiger partial charge is 0.317 e. The molecule has 0 atom stereocenters. The Balaban J connectivity index is 3.03. The van der Waals surface area contributed by atoms with Crippen LogP contribution in [0, 0.1) is 11.8 Å². The van der Waals surface area contributed by atoms with Crippen LogP contribution in [0.3, 0.4) is 0 Å². The molecular weight excluding hydrogens is 130 g/mol. The Bertz CT molecular complexity index is 155. The van der Waals surface area contributed by atoms with Crippen molar-refractivity contribution in [3.63, 3.8) is 0 Å². The van der Waals surface area contributed by atoms with Gasteiger partial charge in [-0.15, -0.1) is 11.8 Å². The van der Waals surface area contributed by atoms with E-state index in [4.69, 9.17) is 5.11 Å². The minimum atomic E-state index is -0.829. The molecule has 0 aliphatic carbocycles. The molecule has 56 valence electrons. The maximum Gasteiger partial charge on any atom is 0.317 e. The number of hydrogen-bond acceptors (Lipinski definition) is 2. The zero-order valence-electron chi connectivity index (χ0n) is 5.98. The molecule has 0 saturated heterocycles. The van der Waals surface area contributed by atoms with E-state index in [0.29, 0.717) is 13.0 Å². The van der Waals surface area contributed by atoms with Crippen molar-refractivity contribution in [2.24, 2.45) is 0 Å². The van der Waals surface area contributed by atoms with Crippen molar-refractivity contribution >= 4 is 5.97 Å². The summed E-state index contributed by atoms with van der Waals surface area (Å²) in [6.45, 7) is 2.43. The first-order valence-corrected chi connectivity index (χ1v) is 3.09. The highest BCUT2D eigenvalue weighted by atomic mass is 16.4. The Hall–Kier alpha value is -1.01. The molecule has 0 rings (SSSR count). The second-order valence-corrected chi connectivity index (χ2v) is 1.75. The van der Waals surface area contributed by atoms with Crippen molar-refractivity contribution in [2.45, 2.75) is 13.3 Å². The maximum atomic E-state index is 9.93. The van der Waals surface area contributed by atoms with E-state index in [-0.39, 0.29) is 6.54 Å². The van der Waals surface area contributed by atoms with Crippen LogP contribution in [0.1, 0.15) is 13.3 Å². The van der Waals surface area contributed by atoms with Gasteiger partial charge in [-0.2, -0.15) is 0 Å². The monoisotopic (exact) mass is 141 g/mol. The number of carboxylic acids is 1. The average Bonchev–Trinajstić information content (AvgIpc) is 1.87. The van der Waals surface area contributed by atoms with Crippen LogP contribution in [0.15, 0.2) is 0 Å². The predicted octanol–water partition coefficient (Wildman–Crippen LogP) is 0.0740. The van der Waals surface area contributed by atoms with Crippen LogP contribution in [0.25, 0.3) is 0 Å². The lowest BCUT2D eigenvalue weighted by molar-refractivity contribution is -0.135. The van der Waals surface area contributed by atoms with Crippen LogP contribution < -0.4 is 5.32 Å². The molecule has 0 aliphatic rings. The standard InChI is InChI=1S/C7H11NO2/c1-2-3-4-5-8-6-7(9)10/h8H,4-6H2,1H3,(H,9,10). The van der Waals surface area contributed by atoms with Gasteiger partial charge in [0.2, 0.25) is 0 Å². The third-order valence-electron chi connectivity index (χ3n) is 0.880. The molecule has 0 aliphatic heterocycles. The molecule has 0 spiro atoms. The van der Waals surface area contributed by atoms with Crippen molar-refractivity contribution in [1.82, 2.24) is 5.32 Å². The number of rotatable bonds is 4. The lowest BCUT2D eigenvalue weighted by Crippen LogP contribution is -2.23. The number of carbonyl (C=O) groups is 1. The van der Waals surface area contributed by atoms with Gasteiger partial charge < -0.3 is 10.4 Å². The summed E-state index contributed by atoms with van der Waals surface area (Å²) in [5.41, 5.74) is 0. The summed E-state index contributed by atoms with van der Waals surface area (Å²) in [6, 6.07) is 0. The molecule has 0 aromatic heterocycles. The second-order valence-electron chi connectivity index (χ2n) is 1.75. The van der Waals surface area contributed by atoms with Crippen LogP contribution >= 0.6 is 0 Å². The first-order valence-electron chi connectivity index (χ1n) is 3.09. The molecule has 0 heterocycles. The van der Waals surface area contributed by atoms with E-state index in [1.54, 1.807) is 6.92 Å². The van der Waals surface area contributed by atoms with Crippen LogP contribution in [0.4, 0.5) is 0 Å². The quantitative estimate of drug-likeness (QED) is 0.430. The molecule has 2 N–H and O–H groups in total. The summed E-state index contributed by atoms with van der Waals surface area (Å²) >= 11 is 0. The highest BCUT2D eigenvalue weighted by Crippen LogP contribution is 1.70. The summed E-state index contributed by atoms with van der Waals surface area (Å²) in [7, 11) is 0. The van der Waals surface area contributed by atoms with Gasteiger partial charge >= 0.3 is 5.97 Å². The SMILES string of the molecule is CC#CCCNCC(=O)O. The highest BCUT2D eigenvalue weighted by Gasteiger charge is 1.91. The molecule has 0 aromatic rings. The summed E-state index contributed by atoms with van der Waals surface area (Å²) in [5, 5.41) is 10.9. The molecule has 0 aromatic carbocycles. The molecule has 0 amide bonds. The highest BCUT2D eigenvalue weighted by molar-refractivity contribution is 5.68. The molecular formula is C7H11NO2. The normalized spacial score (nSPS) is 8.10. The summed E-state index contributed by atoms with van der Waals surface area (Å²) in [6.07, 6.45) is 0.712. The lowest BCUT2D eigenvalue weighted by Gasteiger charge is -1.94. The Morgan fingerprint density at radius 1 is 1.70 bits per heavy atom. The van der Waals surface area contributed by atoms with Gasteiger partial charge in [0.1, 0.15) is 0 Å². The van der Waals surface area contributed by atoms with Gasteiger partial charge in [-0.05, 0) is 6.92 Å². The van der Waals surface area contributed by atoms with Crippen molar-refractivity contribution < 1.29 is 9.90 Å². The second kappa shape index (κ2) is 6.12. The molecule has 3 nitrogen and oxygen atoms in total. The summed E-state index contributed by atoms with van der Waals surface area (Å²) < 4.78 is 0. The predicted molar refractivity (Wildman–Crippen MR) is 38.6 cm³/mol. The average molecular weight is 141 g/mol. The molecule has 0 fully saturated rings. The van der Waals surface area contributed by atoms with Gasteiger partial charge in [0.25, 0.3) is 0 Å². The molecule has 0 bridgehead atoms. The third kappa shape index (κ3) is 6.99. The van der Waals surface area contributed by atoms with Crippen molar-refractivity contribution in [3.05, 3.63) is 0 Å². The van der Waals surface area contributed by atoms with E-state index < -0.39 is 5.97 Å². The Kier molecular flexibility index (Phi) is 5.50. The Labute approximate surface area is 60.4 Å². The fourth-order valence-corrected chi connectivity index (χ4v) is 0.471. The fraction of sp³-hybridized carbons (Fsp3) is 0.571. The largest absolute Gasteiger partial charge is 0.480 e. The van der Waals surface area contributed by atoms with E-state index in [9.17, 15) is 4.79 Å². The zero-order valence-corrected chi connectivity index (χ0v) is 5.98.